The molecule has 0 amide bonds. The minimum absolute atomic E-state index is 0.305. The summed E-state index contributed by atoms with van der Waals surface area (Å²) in [6.07, 6.45) is 3.46. The zero-order chi connectivity index (χ0) is 14.7. The van der Waals surface area contributed by atoms with Crippen molar-refractivity contribution in [1.29, 1.82) is 5.26 Å². The minimum atomic E-state index is -0.547. The molecule has 1 atom stereocenters. The molecule has 0 saturated heterocycles. The van der Waals surface area contributed by atoms with E-state index in [9.17, 15) is 9.65 Å². The fourth-order valence-corrected chi connectivity index (χ4v) is 2.26. The van der Waals surface area contributed by atoms with Crippen molar-refractivity contribution >= 4 is 16.5 Å². The van der Waals surface area contributed by atoms with Crippen molar-refractivity contribution in [3.8, 4) is 6.07 Å². The van der Waals surface area contributed by atoms with Gasteiger partial charge in [0.15, 0.2) is 0 Å². The SMILES string of the molecule is N#CC(Nc1ccc(F)cc1)c1cncc2ccccc12. The molecule has 3 aromatic rings. The van der Waals surface area contributed by atoms with Crippen molar-refractivity contribution in [2.24, 2.45) is 0 Å². The van der Waals surface area contributed by atoms with Crippen LogP contribution in [0.1, 0.15) is 11.6 Å². The van der Waals surface area contributed by atoms with Crippen LogP contribution in [0, 0.1) is 17.1 Å². The van der Waals surface area contributed by atoms with Crippen LogP contribution < -0.4 is 5.32 Å². The molecule has 0 aliphatic carbocycles. The van der Waals surface area contributed by atoms with Crippen molar-refractivity contribution in [2.75, 3.05) is 5.32 Å². The van der Waals surface area contributed by atoms with Crippen LogP contribution in [0.15, 0.2) is 60.9 Å². The highest BCUT2D eigenvalue weighted by atomic mass is 19.1. The molecule has 1 aromatic heterocycles. The molecular weight excluding hydrogens is 265 g/mol. The van der Waals surface area contributed by atoms with Crippen molar-refractivity contribution in [2.45, 2.75) is 6.04 Å². The van der Waals surface area contributed by atoms with Gasteiger partial charge in [-0.2, -0.15) is 5.26 Å². The monoisotopic (exact) mass is 277 g/mol. The quantitative estimate of drug-likeness (QED) is 0.785. The van der Waals surface area contributed by atoms with E-state index in [1.54, 1.807) is 24.5 Å². The average molecular weight is 277 g/mol. The number of nitrogens with zero attached hydrogens (tertiary/aromatic N) is 2. The van der Waals surface area contributed by atoms with Gasteiger partial charge in [-0.1, -0.05) is 24.3 Å². The molecule has 4 heteroatoms. The molecule has 0 aliphatic rings. The van der Waals surface area contributed by atoms with Crippen LogP contribution in [0.4, 0.5) is 10.1 Å². The standard InChI is InChI=1S/C17H12FN3/c18-13-5-7-14(8-6-13)21-17(9-19)16-11-20-10-12-3-1-2-4-15(12)16/h1-8,10-11,17,21H. The largest absolute Gasteiger partial charge is 0.366 e. The van der Waals surface area contributed by atoms with E-state index in [2.05, 4.69) is 16.4 Å². The highest BCUT2D eigenvalue weighted by Gasteiger charge is 2.14. The van der Waals surface area contributed by atoms with Gasteiger partial charge in [0.2, 0.25) is 0 Å². The third kappa shape index (κ3) is 2.67. The van der Waals surface area contributed by atoms with Crippen LogP contribution in [0.25, 0.3) is 10.8 Å². The first-order valence-electron chi connectivity index (χ1n) is 6.52. The number of rotatable bonds is 3. The van der Waals surface area contributed by atoms with Gasteiger partial charge in [0.1, 0.15) is 11.9 Å². The maximum atomic E-state index is 12.9. The molecule has 2 aromatic carbocycles. The summed E-state index contributed by atoms with van der Waals surface area (Å²) in [5.41, 5.74) is 1.50. The molecule has 0 bridgehead atoms. The van der Waals surface area contributed by atoms with Crippen molar-refractivity contribution in [3.05, 3.63) is 72.3 Å². The Morgan fingerprint density at radius 3 is 2.57 bits per heavy atom. The summed E-state index contributed by atoms with van der Waals surface area (Å²) in [6, 6.07) is 15.4. The lowest BCUT2D eigenvalue weighted by molar-refractivity contribution is 0.628. The molecule has 0 fully saturated rings. The Morgan fingerprint density at radius 1 is 1.05 bits per heavy atom. The van der Waals surface area contributed by atoms with Gasteiger partial charge in [-0.05, 0) is 29.7 Å². The first-order valence-corrected chi connectivity index (χ1v) is 6.52. The molecule has 0 saturated carbocycles. The molecule has 1 N–H and O–H groups in total. The number of anilines is 1. The molecule has 1 unspecified atom stereocenters. The smallest absolute Gasteiger partial charge is 0.142 e. The van der Waals surface area contributed by atoms with Crippen LogP contribution in [-0.2, 0) is 0 Å². The van der Waals surface area contributed by atoms with Gasteiger partial charge in [0.05, 0.1) is 6.07 Å². The molecular formula is C17H12FN3. The third-order valence-electron chi connectivity index (χ3n) is 3.29. The number of hydrogen-bond acceptors (Lipinski definition) is 3. The number of hydrogen-bond donors (Lipinski definition) is 1. The Labute approximate surface area is 121 Å². The average Bonchev–Trinajstić information content (AvgIpc) is 2.54. The van der Waals surface area contributed by atoms with E-state index in [0.29, 0.717) is 5.69 Å². The summed E-state index contributed by atoms with van der Waals surface area (Å²) in [4.78, 5) is 4.19. The summed E-state index contributed by atoms with van der Waals surface area (Å²) in [5, 5.41) is 14.5. The van der Waals surface area contributed by atoms with E-state index in [-0.39, 0.29) is 5.82 Å². The van der Waals surface area contributed by atoms with Gasteiger partial charge < -0.3 is 5.32 Å². The van der Waals surface area contributed by atoms with E-state index >= 15 is 0 Å². The maximum absolute atomic E-state index is 12.9. The van der Waals surface area contributed by atoms with Gasteiger partial charge in [-0.25, -0.2) is 4.39 Å². The summed E-state index contributed by atoms with van der Waals surface area (Å²) in [6.45, 7) is 0. The first-order chi connectivity index (χ1) is 10.3. The Kier molecular flexibility index (Phi) is 3.48. The first kappa shape index (κ1) is 13.1. The third-order valence-corrected chi connectivity index (χ3v) is 3.29. The molecule has 21 heavy (non-hydrogen) atoms. The predicted molar refractivity (Wildman–Crippen MR) is 80.1 cm³/mol. The van der Waals surface area contributed by atoms with Crippen molar-refractivity contribution in [1.82, 2.24) is 4.98 Å². The second-order valence-corrected chi connectivity index (χ2v) is 4.66. The summed E-state index contributed by atoms with van der Waals surface area (Å²) in [5.74, 6) is -0.305. The van der Waals surface area contributed by atoms with Gasteiger partial charge >= 0.3 is 0 Å². The van der Waals surface area contributed by atoms with Crippen LogP contribution in [0.3, 0.4) is 0 Å². The molecule has 3 rings (SSSR count). The van der Waals surface area contributed by atoms with Crippen molar-refractivity contribution in [3.63, 3.8) is 0 Å². The Morgan fingerprint density at radius 2 is 1.81 bits per heavy atom. The Hall–Kier alpha value is -2.93. The summed E-state index contributed by atoms with van der Waals surface area (Å²) >= 11 is 0. The topological polar surface area (TPSA) is 48.7 Å². The lowest BCUT2D eigenvalue weighted by Gasteiger charge is -2.15. The van der Waals surface area contributed by atoms with E-state index < -0.39 is 6.04 Å². The van der Waals surface area contributed by atoms with E-state index in [0.717, 1.165) is 16.3 Å². The van der Waals surface area contributed by atoms with Gasteiger partial charge in [0, 0.05) is 29.0 Å². The van der Waals surface area contributed by atoms with Gasteiger partial charge in [0.25, 0.3) is 0 Å². The fraction of sp³-hybridized carbons (Fsp3) is 0.0588. The molecule has 0 radical (unpaired) electrons. The summed E-state index contributed by atoms with van der Waals surface area (Å²) in [7, 11) is 0. The van der Waals surface area contributed by atoms with E-state index in [4.69, 9.17) is 0 Å². The molecule has 0 spiro atoms. The van der Waals surface area contributed by atoms with E-state index in [1.807, 2.05) is 24.3 Å². The second kappa shape index (κ2) is 5.59. The Balaban J connectivity index is 1.99. The normalized spacial score (nSPS) is 11.8. The number of benzene rings is 2. The molecule has 0 aliphatic heterocycles. The zero-order valence-electron chi connectivity index (χ0n) is 11.1. The van der Waals surface area contributed by atoms with Crippen molar-refractivity contribution < 1.29 is 4.39 Å². The fourth-order valence-electron chi connectivity index (χ4n) is 2.26. The van der Waals surface area contributed by atoms with Gasteiger partial charge in [-0.15, -0.1) is 0 Å². The van der Waals surface area contributed by atoms with Gasteiger partial charge in [-0.3, -0.25) is 4.98 Å². The number of pyridine rings is 1. The number of halogens is 1. The summed E-state index contributed by atoms with van der Waals surface area (Å²) < 4.78 is 12.9. The van der Waals surface area contributed by atoms with E-state index in [1.165, 1.54) is 12.1 Å². The number of aromatic nitrogens is 1. The lowest BCUT2D eigenvalue weighted by Crippen LogP contribution is -2.09. The van der Waals surface area contributed by atoms with Crippen LogP contribution in [0.2, 0.25) is 0 Å². The highest BCUT2D eigenvalue weighted by Crippen LogP contribution is 2.25. The number of nitrogens with one attached hydrogen (secondary N) is 1. The zero-order valence-corrected chi connectivity index (χ0v) is 11.1. The number of fused-ring (bicyclic) bond motifs is 1. The molecule has 1 heterocycles. The molecule has 3 nitrogen and oxygen atoms in total. The maximum Gasteiger partial charge on any atom is 0.142 e. The van der Waals surface area contributed by atoms with Crippen LogP contribution >= 0.6 is 0 Å². The lowest BCUT2D eigenvalue weighted by atomic mass is 10.0. The Bertz CT molecular complexity index is 801. The van der Waals surface area contributed by atoms with Crippen LogP contribution in [-0.4, -0.2) is 4.98 Å². The predicted octanol–water partition coefficient (Wildman–Crippen LogP) is 4.05. The minimum Gasteiger partial charge on any atom is -0.366 e. The number of nitriles is 1. The highest BCUT2D eigenvalue weighted by molar-refractivity contribution is 5.85. The van der Waals surface area contributed by atoms with Crippen LogP contribution in [0.5, 0.6) is 0 Å². The molecule has 102 valence electrons. The second-order valence-electron chi connectivity index (χ2n) is 4.66.